The Hall–Kier alpha value is -1.85. The van der Waals surface area contributed by atoms with E-state index < -0.39 is 23.4 Å². The molecule has 0 saturated carbocycles. The first-order valence-electron chi connectivity index (χ1n) is 7.08. The van der Waals surface area contributed by atoms with Crippen LogP contribution < -0.4 is 4.90 Å². The van der Waals surface area contributed by atoms with Gasteiger partial charge in [0.15, 0.2) is 0 Å². The van der Waals surface area contributed by atoms with Gasteiger partial charge >= 0.3 is 5.97 Å². The Kier molecular flexibility index (Phi) is 2.86. The molecule has 0 radical (unpaired) electrons. The van der Waals surface area contributed by atoms with Gasteiger partial charge in [0, 0.05) is 10.7 Å². The average molecular weight is 320 g/mol. The second-order valence-electron chi connectivity index (χ2n) is 5.83. The van der Waals surface area contributed by atoms with E-state index in [2.05, 4.69) is 0 Å². The topological polar surface area (TPSA) is 55.8 Å². The fourth-order valence-electron chi connectivity index (χ4n) is 3.77. The van der Waals surface area contributed by atoms with Gasteiger partial charge in [-0.05, 0) is 18.2 Å². The Balaban J connectivity index is 1.73. The van der Waals surface area contributed by atoms with Crippen LogP contribution in [0.4, 0.5) is 5.69 Å². The minimum absolute atomic E-state index is 0.121. The number of carbonyl (C=O) groups is 2. The maximum Gasteiger partial charge on any atom is 0.312 e. The molecule has 2 bridgehead atoms. The minimum atomic E-state index is -0.733. The molecule has 4 rings (SSSR count). The summed E-state index contributed by atoms with van der Waals surface area (Å²) >= 11 is 6.01. The predicted molar refractivity (Wildman–Crippen MR) is 79.5 cm³/mol. The lowest BCUT2D eigenvalue weighted by atomic mass is 9.77. The van der Waals surface area contributed by atoms with Crippen LogP contribution in [0, 0.1) is 11.8 Å². The van der Waals surface area contributed by atoms with E-state index in [0.29, 0.717) is 17.3 Å². The van der Waals surface area contributed by atoms with Gasteiger partial charge in [0.2, 0.25) is 5.91 Å². The summed E-state index contributed by atoms with van der Waals surface area (Å²) in [6.45, 7) is 0.386. The van der Waals surface area contributed by atoms with Gasteiger partial charge in [-0.1, -0.05) is 29.8 Å². The van der Waals surface area contributed by atoms with E-state index in [9.17, 15) is 9.59 Å². The summed E-state index contributed by atoms with van der Waals surface area (Å²) < 4.78 is 10.8. The molecule has 0 aromatic heterocycles. The van der Waals surface area contributed by atoms with Gasteiger partial charge in [0.05, 0.1) is 25.7 Å². The maximum atomic E-state index is 12.9. The first-order valence-corrected chi connectivity index (χ1v) is 7.45. The normalized spacial score (nSPS) is 35.1. The van der Waals surface area contributed by atoms with Crippen LogP contribution in [-0.4, -0.2) is 37.2 Å². The summed E-state index contributed by atoms with van der Waals surface area (Å²) in [7, 11) is 1.33. The summed E-state index contributed by atoms with van der Waals surface area (Å²) in [4.78, 5) is 26.6. The number of rotatable bonds is 2. The largest absolute Gasteiger partial charge is 0.469 e. The zero-order valence-electron chi connectivity index (χ0n) is 11.9. The van der Waals surface area contributed by atoms with E-state index in [1.54, 1.807) is 23.1 Å². The highest BCUT2D eigenvalue weighted by Gasteiger charge is 2.67. The van der Waals surface area contributed by atoms with Crippen LogP contribution in [0.15, 0.2) is 36.4 Å². The van der Waals surface area contributed by atoms with Gasteiger partial charge in [-0.3, -0.25) is 9.59 Å². The van der Waals surface area contributed by atoms with Gasteiger partial charge in [-0.2, -0.15) is 0 Å². The fourth-order valence-corrected chi connectivity index (χ4v) is 3.95. The number of halogens is 1. The number of fused-ring (bicyclic) bond motifs is 1. The SMILES string of the molecule is COC(=O)[C@H]1[C@H]2C=C[C@@]3(CN(c4cccc(Cl)c4)C(=O)[C@@H]13)O2. The number of carbonyl (C=O) groups excluding carboxylic acids is 2. The standard InChI is InChI=1S/C16H14ClNO4/c1-21-15(20)12-11-5-6-16(22-11)8-18(14(19)13(12)16)10-4-2-3-9(17)7-10/h2-7,11-13H,8H2,1H3/t11-,12+,13-,16+/m1/s1. The number of ether oxygens (including phenoxy) is 2. The molecular formula is C16H14ClNO4. The number of methoxy groups -OCH3 is 1. The lowest BCUT2D eigenvalue weighted by Crippen LogP contribution is -2.39. The number of esters is 1. The summed E-state index contributed by atoms with van der Waals surface area (Å²) in [5.74, 6) is -1.63. The molecule has 6 heteroatoms. The van der Waals surface area contributed by atoms with Gasteiger partial charge < -0.3 is 14.4 Å². The molecule has 1 aromatic carbocycles. The van der Waals surface area contributed by atoms with Crippen LogP contribution >= 0.6 is 11.6 Å². The first kappa shape index (κ1) is 13.8. The Bertz CT molecular complexity index is 703. The number of hydrogen-bond donors (Lipinski definition) is 0. The van der Waals surface area contributed by atoms with E-state index >= 15 is 0 Å². The fraction of sp³-hybridized carbons (Fsp3) is 0.375. The molecule has 0 N–H and O–H groups in total. The molecule has 3 aliphatic heterocycles. The first-order chi connectivity index (χ1) is 10.6. The van der Waals surface area contributed by atoms with Crippen molar-refractivity contribution >= 4 is 29.2 Å². The van der Waals surface area contributed by atoms with Gasteiger partial charge in [0.25, 0.3) is 0 Å². The number of nitrogens with zero attached hydrogens (tertiary/aromatic N) is 1. The summed E-state index contributed by atoms with van der Waals surface area (Å²) in [6.07, 6.45) is 3.39. The summed E-state index contributed by atoms with van der Waals surface area (Å²) in [6, 6.07) is 7.11. The van der Waals surface area contributed by atoms with Gasteiger partial charge in [-0.25, -0.2) is 0 Å². The van der Waals surface area contributed by atoms with Crippen molar-refractivity contribution in [3.63, 3.8) is 0 Å². The Labute approximate surface area is 132 Å². The average Bonchev–Trinajstić information content (AvgIpc) is 3.15. The third kappa shape index (κ3) is 1.69. The van der Waals surface area contributed by atoms with E-state index in [1.165, 1.54) is 7.11 Å². The van der Waals surface area contributed by atoms with Gasteiger partial charge in [-0.15, -0.1) is 0 Å². The molecule has 3 aliphatic rings. The molecule has 114 valence electrons. The van der Waals surface area contributed by atoms with E-state index in [4.69, 9.17) is 21.1 Å². The van der Waals surface area contributed by atoms with Crippen molar-refractivity contribution in [2.45, 2.75) is 11.7 Å². The minimum Gasteiger partial charge on any atom is -0.469 e. The van der Waals surface area contributed by atoms with Crippen molar-refractivity contribution < 1.29 is 19.1 Å². The molecule has 2 saturated heterocycles. The van der Waals surface area contributed by atoms with Crippen LogP contribution in [0.25, 0.3) is 0 Å². The molecular weight excluding hydrogens is 306 g/mol. The molecule has 1 aromatic rings. The Morgan fingerprint density at radius 1 is 1.50 bits per heavy atom. The highest BCUT2D eigenvalue weighted by Crippen LogP contribution is 2.52. The van der Waals surface area contributed by atoms with Crippen LogP contribution in [-0.2, 0) is 19.1 Å². The summed E-state index contributed by atoms with van der Waals surface area (Å²) in [5.41, 5.74) is -0.0199. The van der Waals surface area contributed by atoms with Crippen molar-refractivity contribution in [1.82, 2.24) is 0 Å². The van der Waals surface area contributed by atoms with Crippen LogP contribution in [0.5, 0.6) is 0 Å². The van der Waals surface area contributed by atoms with E-state index in [-0.39, 0.29) is 12.0 Å². The predicted octanol–water partition coefficient (Wildman–Crippen LogP) is 1.80. The van der Waals surface area contributed by atoms with Crippen LogP contribution in [0.1, 0.15) is 0 Å². The zero-order chi connectivity index (χ0) is 15.5. The monoisotopic (exact) mass is 319 g/mol. The molecule has 0 aliphatic carbocycles. The molecule has 0 unspecified atom stereocenters. The third-order valence-electron chi connectivity index (χ3n) is 4.69. The second-order valence-corrected chi connectivity index (χ2v) is 6.26. The molecule has 2 fully saturated rings. The van der Waals surface area contributed by atoms with Crippen LogP contribution in [0.2, 0.25) is 5.02 Å². The number of benzene rings is 1. The summed E-state index contributed by atoms with van der Waals surface area (Å²) in [5, 5.41) is 0.560. The highest BCUT2D eigenvalue weighted by molar-refractivity contribution is 6.31. The van der Waals surface area contributed by atoms with Crippen molar-refractivity contribution in [1.29, 1.82) is 0 Å². The highest BCUT2D eigenvalue weighted by atomic mass is 35.5. The zero-order valence-corrected chi connectivity index (χ0v) is 12.6. The number of anilines is 1. The Morgan fingerprint density at radius 3 is 3.05 bits per heavy atom. The molecule has 5 nitrogen and oxygen atoms in total. The number of amides is 1. The van der Waals surface area contributed by atoms with Gasteiger partial charge in [0.1, 0.15) is 11.5 Å². The Morgan fingerprint density at radius 2 is 2.32 bits per heavy atom. The lowest BCUT2D eigenvalue weighted by Gasteiger charge is -2.22. The number of hydrogen-bond acceptors (Lipinski definition) is 4. The molecule has 1 spiro atoms. The van der Waals surface area contributed by atoms with Crippen molar-refractivity contribution in [3.05, 3.63) is 41.4 Å². The lowest BCUT2D eigenvalue weighted by molar-refractivity contribution is -0.149. The van der Waals surface area contributed by atoms with E-state index in [0.717, 1.165) is 0 Å². The third-order valence-corrected chi connectivity index (χ3v) is 4.93. The molecule has 22 heavy (non-hydrogen) atoms. The molecule has 4 atom stereocenters. The maximum absolute atomic E-state index is 12.9. The smallest absolute Gasteiger partial charge is 0.312 e. The van der Waals surface area contributed by atoms with Crippen molar-refractivity contribution in [3.8, 4) is 0 Å². The molecule has 1 amide bonds. The molecule has 3 heterocycles. The second kappa shape index (κ2) is 4.57. The van der Waals surface area contributed by atoms with Crippen molar-refractivity contribution in [2.24, 2.45) is 11.8 Å². The van der Waals surface area contributed by atoms with E-state index in [1.807, 2.05) is 18.2 Å². The van der Waals surface area contributed by atoms with Crippen LogP contribution in [0.3, 0.4) is 0 Å². The quantitative estimate of drug-likeness (QED) is 0.616. The van der Waals surface area contributed by atoms with Crippen molar-refractivity contribution in [2.75, 3.05) is 18.6 Å².